The Morgan fingerprint density at radius 2 is 1.78 bits per heavy atom. The van der Waals surface area contributed by atoms with E-state index >= 15 is 0 Å². The lowest BCUT2D eigenvalue weighted by atomic mass is 9.86. The van der Waals surface area contributed by atoms with Crippen LogP contribution in [-0.2, 0) is 0 Å². The van der Waals surface area contributed by atoms with Crippen molar-refractivity contribution in [1.29, 1.82) is 0 Å². The minimum atomic E-state index is -0.353. The van der Waals surface area contributed by atoms with Gasteiger partial charge in [-0.1, -0.05) is 32.1 Å². The van der Waals surface area contributed by atoms with E-state index in [2.05, 4.69) is 4.98 Å². The standard InChI is InChI=1S/C13H18N2O2.H3N/c16-15(17)13-12(9-6-10-14-13)11-7-4-2-1-3-5-8-11;/h6,9-11H,1-5,7-8H2;1H3. The molecule has 0 bridgehead atoms. The summed E-state index contributed by atoms with van der Waals surface area (Å²) in [6.45, 7) is 0. The van der Waals surface area contributed by atoms with Crippen molar-refractivity contribution in [2.24, 2.45) is 0 Å². The summed E-state index contributed by atoms with van der Waals surface area (Å²) >= 11 is 0. The van der Waals surface area contributed by atoms with Crippen molar-refractivity contribution in [3.05, 3.63) is 34.0 Å². The first kappa shape index (κ1) is 14.6. The Balaban J connectivity index is 0.00000162. The molecule has 0 radical (unpaired) electrons. The number of nitrogens with zero attached hydrogens (tertiary/aromatic N) is 2. The Labute approximate surface area is 107 Å². The van der Waals surface area contributed by atoms with Crippen LogP contribution >= 0.6 is 0 Å². The van der Waals surface area contributed by atoms with Gasteiger partial charge >= 0.3 is 5.82 Å². The molecule has 2 rings (SSSR count). The Kier molecular flexibility index (Phi) is 5.71. The number of nitro groups is 1. The summed E-state index contributed by atoms with van der Waals surface area (Å²) in [6, 6.07) is 3.68. The number of aromatic nitrogens is 1. The topological polar surface area (TPSA) is 91.0 Å². The highest BCUT2D eigenvalue weighted by Gasteiger charge is 2.23. The fraction of sp³-hybridized carbons (Fsp3) is 0.615. The Bertz CT molecular complexity index is 388. The third kappa shape index (κ3) is 3.50. The number of hydrogen-bond acceptors (Lipinski definition) is 4. The smallest absolute Gasteiger partial charge is 0.358 e. The van der Waals surface area contributed by atoms with Gasteiger partial charge in [-0.2, -0.15) is 0 Å². The van der Waals surface area contributed by atoms with Crippen LogP contribution in [0.3, 0.4) is 0 Å². The predicted molar refractivity (Wildman–Crippen MR) is 71.0 cm³/mol. The Hall–Kier alpha value is -1.49. The molecule has 1 saturated carbocycles. The molecule has 0 amide bonds. The lowest BCUT2D eigenvalue weighted by Crippen LogP contribution is -2.06. The maximum absolute atomic E-state index is 11.0. The molecule has 18 heavy (non-hydrogen) atoms. The zero-order chi connectivity index (χ0) is 12.1. The van der Waals surface area contributed by atoms with Crippen molar-refractivity contribution in [3.8, 4) is 0 Å². The Morgan fingerprint density at radius 3 is 2.39 bits per heavy atom. The minimum absolute atomic E-state index is 0. The highest BCUT2D eigenvalue weighted by molar-refractivity contribution is 5.35. The van der Waals surface area contributed by atoms with E-state index in [-0.39, 0.29) is 16.9 Å². The third-order valence-electron chi connectivity index (χ3n) is 3.53. The van der Waals surface area contributed by atoms with Crippen LogP contribution in [0, 0.1) is 10.1 Å². The molecular weight excluding hydrogens is 230 g/mol. The molecule has 5 nitrogen and oxygen atoms in total. The largest absolute Gasteiger partial charge is 0.366 e. The van der Waals surface area contributed by atoms with Crippen LogP contribution in [0.15, 0.2) is 18.3 Å². The van der Waals surface area contributed by atoms with Crippen molar-refractivity contribution in [1.82, 2.24) is 11.1 Å². The van der Waals surface area contributed by atoms with Gasteiger partial charge in [-0.25, -0.2) is 0 Å². The van der Waals surface area contributed by atoms with E-state index in [1.54, 1.807) is 6.07 Å². The van der Waals surface area contributed by atoms with Gasteiger partial charge in [0.15, 0.2) is 0 Å². The van der Waals surface area contributed by atoms with Gasteiger partial charge in [0.2, 0.25) is 0 Å². The molecule has 0 atom stereocenters. The van der Waals surface area contributed by atoms with Gasteiger partial charge < -0.3 is 16.3 Å². The van der Waals surface area contributed by atoms with E-state index in [9.17, 15) is 10.1 Å². The number of hydrogen-bond donors (Lipinski definition) is 1. The second kappa shape index (κ2) is 7.06. The van der Waals surface area contributed by atoms with E-state index < -0.39 is 0 Å². The molecule has 0 spiro atoms. The van der Waals surface area contributed by atoms with Gasteiger partial charge in [0.1, 0.15) is 6.20 Å². The summed E-state index contributed by atoms with van der Waals surface area (Å²) < 4.78 is 0. The van der Waals surface area contributed by atoms with Gasteiger partial charge in [0.05, 0.1) is 5.56 Å². The monoisotopic (exact) mass is 251 g/mol. The maximum atomic E-state index is 11.0. The lowest BCUT2D eigenvalue weighted by molar-refractivity contribution is -0.390. The SMILES string of the molecule is N.O=[N+]([O-])c1ncccc1C1CCCCCCC1. The molecule has 0 aromatic carbocycles. The van der Waals surface area contributed by atoms with Gasteiger partial charge in [0.25, 0.3) is 0 Å². The quantitative estimate of drug-likeness (QED) is 0.635. The lowest BCUT2D eigenvalue weighted by Gasteiger charge is -2.19. The second-order valence-corrected chi connectivity index (χ2v) is 4.72. The summed E-state index contributed by atoms with van der Waals surface area (Å²) in [5.41, 5.74) is 0.833. The summed E-state index contributed by atoms with van der Waals surface area (Å²) in [6.07, 6.45) is 9.80. The zero-order valence-corrected chi connectivity index (χ0v) is 10.7. The molecule has 5 heteroatoms. The fourth-order valence-corrected chi connectivity index (χ4v) is 2.65. The summed E-state index contributed by atoms with van der Waals surface area (Å²) in [4.78, 5) is 14.5. The number of pyridine rings is 1. The molecule has 1 aromatic rings. The average molecular weight is 251 g/mol. The molecule has 0 unspecified atom stereocenters. The highest BCUT2D eigenvalue weighted by atomic mass is 16.6. The first-order valence-electron chi connectivity index (χ1n) is 6.38. The van der Waals surface area contributed by atoms with Crippen LogP contribution < -0.4 is 6.15 Å². The maximum Gasteiger partial charge on any atom is 0.366 e. The first-order valence-corrected chi connectivity index (χ1v) is 6.38. The summed E-state index contributed by atoms with van der Waals surface area (Å²) in [7, 11) is 0. The van der Waals surface area contributed by atoms with Crippen LogP contribution in [-0.4, -0.2) is 9.91 Å². The molecule has 1 aliphatic carbocycles. The van der Waals surface area contributed by atoms with Crippen molar-refractivity contribution in [2.75, 3.05) is 0 Å². The van der Waals surface area contributed by atoms with E-state index in [4.69, 9.17) is 0 Å². The third-order valence-corrected chi connectivity index (χ3v) is 3.53. The molecule has 0 saturated heterocycles. The van der Waals surface area contributed by atoms with Crippen LogP contribution in [0.4, 0.5) is 5.82 Å². The minimum Gasteiger partial charge on any atom is -0.358 e. The van der Waals surface area contributed by atoms with Crippen LogP contribution in [0.5, 0.6) is 0 Å². The van der Waals surface area contributed by atoms with E-state index in [1.165, 1.54) is 38.3 Å². The van der Waals surface area contributed by atoms with Crippen molar-refractivity contribution >= 4 is 5.82 Å². The van der Waals surface area contributed by atoms with Crippen molar-refractivity contribution in [3.63, 3.8) is 0 Å². The van der Waals surface area contributed by atoms with Crippen LogP contribution in [0.2, 0.25) is 0 Å². The molecule has 1 fully saturated rings. The molecule has 3 N–H and O–H groups in total. The second-order valence-electron chi connectivity index (χ2n) is 4.72. The number of rotatable bonds is 2. The fourth-order valence-electron chi connectivity index (χ4n) is 2.65. The molecule has 100 valence electrons. The van der Waals surface area contributed by atoms with E-state index in [0.717, 1.165) is 18.4 Å². The van der Waals surface area contributed by atoms with Gasteiger partial charge in [-0.3, -0.25) is 0 Å². The molecule has 1 heterocycles. The molecule has 1 aromatic heterocycles. The van der Waals surface area contributed by atoms with Crippen LogP contribution in [0.1, 0.15) is 56.4 Å². The predicted octanol–water partition coefficient (Wildman–Crippen LogP) is 3.98. The Morgan fingerprint density at radius 1 is 1.17 bits per heavy atom. The van der Waals surface area contributed by atoms with Gasteiger partial charge in [0, 0.05) is 0 Å². The van der Waals surface area contributed by atoms with Crippen molar-refractivity contribution in [2.45, 2.75) is 50.9 Å². The molecule has 1 aliphatic rings. The first-order chi connectivity index (χ1) is 8.29. The van der Waals surface area contributed by atoms with Gasteiger partial charge in [-0.15, -0.1) is 0 Å². The van der Waals surface area contributed by atoms with Gasteiger partial charge in [-0.05, 0) is 40.8 Å². The highest BCUT2D eigenvalue weighted by Crippen LogP contribution is 2.34. The average Bonchev–Trinajstić information content (AvgIpc) is 2.28. The molecular formula is C13H21N3O2. The van der Waals surface area contributed by atoms with Crippen molar-refractivity contribution < 1.29 is 4.92 Å². The van der Waals surface area contributed by atoms with Crippen LogP contribution in [0.25, 0.3) is 0 Å². The summed E-state index contributed by atoms with van der Waals surface area (Å²) in [5.74, 6) is 0.377. The zero-order valence-electron chi connectivity index (χ0n) is 10.7. The van der Waals surface area contributed by atoms with E-state index in [0.29, 0.717) is 5.92 Å². The van der Waals surface area contributed by atoms with E-state index in [1.807, 2.05) is 6.07 Å². The summed E-state index contributed by atoms with van der Waals surface area (Å²) in [5, 5.41) is 11.0. The normalized spacial score (nSPS) is 17.3. The molecule has 0 aliphatic heterocycles.